The van der Waals surface area contributed by atoms with Gasteiger partial charge in [0.1, 0.15) is 5.82 Å². The molecule has 6 nitrogen and oxygen atoms in total. The van der Waals surface area contributed by atoms with Gasteiger partial charge in [-0.05, 0) is 41.7 Å². The topological polar surface area (TPSA) is 104 Å². The molecule has 0 heterocycles. The monoisotopic (exact) mass is 381 g/mol. The van der Waals surface area contributed by atoms with E-state index in [0.717, 1.165) is 0 Å². The van der Waals surface area contributed by atoms with Gasteiger partial charge < -0.3 is 10.2 Å². The maximum absolute atomic E-state index is 13.7. The standard InChI is InChI=1S/C18H20FNO5S/c19-17-4-2-1-3-15(17)9-14(12-21)11-20-26(24,25)16-7-5-13(6-8-16)10-18(22)23/h1-8,14,20-21H,9-12H2,(H,22,23). The number of hydrogen-bond acceptors (Lipinski definition) is 4. The van der Waals surface area contributed by atoms with Crippen LogP contribution in [0.1, 0.15) is 11.1 Å². The van der Waals surface area contributed by atoms with Crippen LogP contribution in [0.3, 0.4) is 0 Å². The molecular weight excluding hydrogens is 361 g/mol. The number of carboxylic acids is 1. The van der Waals surface area contributed by atoms with Crippen LogP contribution >= 0.6 is 0 Å². The van der Waals surface area contributed by atoms with Gasteiger partial charge in [-0.25, -0.2) is 17.5 Å². The van der Waals surface area contributed by atoms with E-state index in [1.54, 1.807) is 18.2 Å². The van der Waals surface area contributed by atoms with E-state index in [1.165, 1.54) is 30.3 Å². The minimum Gasteiger partial charge on any atom is -0.481 e. The van der Waals surface area contributed by atoms with Crippen LogP contribution in [0.4, 0.5) is 4.39 Å². The molecule has 0 fully saturated rings. The summed E-state index contributed by atoms with van der Waals surface area (Å²) >= 11 is 0. The first-order chi connectivity index (χ1) is 12.3. The van der Waals surface area contributed by atoms with Crippen molar-refractivity contribution < 1.29 is 27.8 Å². The van der Waals surface area contributed by atoms with Crippen LogP contribution in [0.15, 0.2) is 53.4 Å². The molecule has 0 spiro atoms. The average Bonchev–Trinajstić information content (AvgIpc) is 2.60. The number of rotatable bonds is 9. The Morgan fingerprint density at radius 1 is 1.12 bits per heavy atom. The lowest BCUT2D eigenvalue weighted by molar-refractivity contribution is -0.136. The third kappa shape index (κ3) is 5.62. The van der Waals surface area contributed by atoms with Crippen molar-refractivity contribution in [3.63, 3.8) is 0 Å². The SMILES string of the molecule is O=C(O)Cc1ccc(S(=O)(=O)NCC(CO)Cc2ccccc2F)cc1. The highest BCUT2D eigenvalue weighted by Gasteiger charge is 2.18. The summed E-state index contributed by atoms with van der Waals surface area (Å²) in [7, 11) is -3.82. The highest BCUT2D eigenvalue weighted by Crippen LogP contribution is 2.14. The molecule has 0 aromatic heterocycles. The second kappa shape index (κ2) is 8.88. The molecule has 26 heavy (non-hydrogen) atoms. The molecule has 1 atom stereocenters. The Balaban J connectivity index is 2.01. The summed E-state index contributed by atoms with van der Waals surface area (Å²) in [6, 6.07) is 11.7. The fraction of sp³-hybridized carbons (Fsp3) is 0.278. The van der Waals surface area contributed by atoms with Crippen LogP contribution in [-0.4, -0.2) is 37.8 Å². The Morgan fingerprint density at radius 3 is 2.35 bits per heavy atom. The summed E-state index contributed by atoms with van der Waals surface area (Å²) in [6.45, 7) is -0.349. The lowest BCUT2D eigenvalue weighted by Gasteiger charge is -2.16. The van der Waals surface area contributed by atoms with E-state index in [1.807, 2.05) is 0 Å². The van der Waals surface area contributed by atoms with Gasteiger partial charge in [0, 0.05) is 13.2 Å². The minimum atomic E-state index is -3.82. The zero-order chi connectivity index (χ0) is 19.2. The van der Waals surface area contributed by atoms with E-state index in [-0.39, 0.29) is 30.9 Å². The van der Waals surface area contributed by atoms with Crippen LogP contribution in [0.2, 0.25) is 0 Å². The molecule has 140 valence electrons. The van der Waals surface area contributed by atoms with Crippen molar-refractivity contribution in [3.8, 4) is 0 Å². The van der Waals surface area contributed by atoms with Gasteiger partial charge in [-0.3, -0.25) is 4.79 Å². The first kappa shape index (κ1) is 20.0. The number of benzene rings is 2. The zero-order valence-electron chi connectivity index (χ0n) is 13.9. The van der Waals surface area contributed by atoms with Gasteiger partial charge in [0.2, 0.25) is 10.0 Å². The molecule has 1 unspecified atom stereocenters. The first-order valence-corrected chi connectivity index (χ1v) is 9.45. The zero-order valence-corrected chi connectivity index (χ0v) is 14.7. The van der Waals surface area contributed by atoms with Gasteiger partial charge in [-0.15, -0.1) is 0 Å². The van der Waals surface area contributed by atoms with Gasteiger partial charge in [0.05, 0.1) is 11.3 Å². The highest BCUT2D eigenvalue weighted by atomic mass is 32.2. The Kier molecular flexibility index (Phi) is 6.84. The van der Waals surface area contributed by atoms with Crippen molar-refractivity contribution >= 4 is 16.0 Å². The van der Waals surface area contributed by atoms with E-state index >= 15 is 0 Å². The molecule has 0 bridgehead atoms. The smallest absolute Gasteiger partial charge is 0.307 e. The van der Waals surface area contributed by atoms with Crippen molar-refractivity contribution in [1.29, 1.82) is 0 Å². The van der Waals surface area contributed by atoms with E-state index in [9.17, 15) is 22.7 Å². The Labute approximate surface area is 151 Å². The van der Waals surface area contributed by atoms with Gasteiger partial charge in [0.25, 0.3) is 0 Å². The summed E-state index contributed by atoms with van der Waals surface area (Å²) < 4.78 is 40.7. The van der Waals surface area contributed by atoms with Gasteiger partial charge in [-0.2, -0.15) is 0 Å². The van der Waals surface area contributed by atoms with Crippen molar-refractivity contribution in [1.82, 2.24) is 4.72 Å². The largest absolute Gasteiger partial charge is 0.481 e. The van der Waals surface area contributed by atoms with E-state index in [2.05, 4.69) is 4.72 Å². The molecule has 0 amide bonds. The third-order valence-electron chi connectivity index (χ3n) is 3.88. The Bertz CT molecular complexity index is 852. The van der Waals surface area contributed by atoms with Crippen molar-refractivity contribution in [3.05, 3.63) is 65.5 Å². The molecule has 0 aliphatic carbocycles. The number of carboxylic acid groups (broad SMARTS) is 1. The summed E-state index contributed by atoms with van der Waals surface area (Å²) in [5.74, 6) is -1.88. The fourth-order valence-corrected chi connectivity index (χ4v) is 3.56. The third-order valence-corrected chi connectivity index (χ3v) is 5.32. The van der Waals surface area contributed by atoms with Gasteiger partial charge in [0.15, 0.2) is 0 Å². The second-order valence-electron chi connectivity index (χ2n) is 5.91. The van der Waals surface area contributed by atoms with E-state index < -0.39 is 27.7 Å². The molecule has 0 radical (unpaired) electrons. The predicted molar refractivity (Wildman–Crippen MR) is 93.7 cm³/mol. The maximum Gasteiger partial charge on any atom is 0.307 e. The Morgan fingerprint density at radius 2 is 1.77 bits per heavy atom. The van der Waals surface area contributed by atoms with Crippen LogP contribution in [-0.2, 0) is 27.7 Å². The van der Waals surface area contributed by atoms with Crippen LogP contribution in [0.25, 0.3) is 0 Å². The quantitative estimate of drug-likeness (QED) is 0.612. The number of sulfonamides is 1. The molecule has 0 saturated carbocycles. The molecule has 2 aromatic rings. The number of halogens is 1. The number of aliphatic carboxylic acids is 1. The van der Waals surface area contributed by atoms with Gasteiger partial charge >= 0.3 is 5.97 Å². The van der Waals surface area contributed by atoms with E-state index in [4.69, 9.17) is 5.11 Å². The molecular formula is C18H20FNO5S. The Hall–Kier alpha value is -2.29. The molecule has 2 aromatic carbocycles. The number of hydrogen-bond donors (Lipinski definition) is 3. The lowest BCUT2D eigenvalue weighted by atomic mass is 10.00. The highest BCUT2D eigenvalue weighted by molar-refractivity contribution is 7.89. The maximum atomic E-state index is 13.7. The number of nitrogens with one attached hydrogen (secondary N) is 1. The van der Waals surface area contributed by atoms with Crippen molar-refractivity contribution in [2.45, 2.75) is 17.7 Å². The number of aliphatic hydroxyl groups excluding tert-OH is 1. The number of carbonyl (C=O) groups is 1. The van der Waals surface area contributed by atoms with Crippen LogP contribution < -0.4 is 4.72 Å². The van der Waals surface area contributed by atoms with Crippen LogP contribution in [0.5, 0.6) is 0 Å². The lowest BCUT2D eigenvalue weighted by Crippen LogP contribution is -2.32. The summed E-state index contributed by atoms with van der Waals surface area (Å²) in [6.07, 6.45) is 0.00618. The van der Waals surface area contributed by atoms with E-state index in [0.29, 0.717) is 11.1 Å². The second-order valence-corrected chi connectivity index (χ2v) is 7.68. The van der Waals surface area contributed by atoms with Crippen LogP contribution in [0, 0.1) is 11.7 Å². The van der Waals surface area contributed by atoms with Gasteiger partial charge in [-0.1, -0.05) is 30.3 Å². The normalized spacial score (nSPS) is 12.7. The van der Waals surface area contributed by atoms with Crippen molar-refractivity contribution in [2.75, 3.05) is 13.2 Å². The molecule has 0 aliphatic rings. The average molecular weight is 381 g/mol. The predicted octanol–water partition coefficient (Wildman–Crippen LogP) is 1.58. The molecule has 0 saturated heterocycles. The summed E-state index contributed by atoms with van der Waals surface area (Å²) in [5, 5.41) is 18.2. The molecule has 8 heteroatoms. The minimum absolute atomic E-state index is 0.00535. The number of aliphatic hydroxyl groups is 1. The molecule has 2 rings (SSSR count). The van der Waals surface area contributed by atoms with Crippen molar-refractivity contribution in [2.24, 2.45) is 5.92 Å². The molecule has 0 aliphatic heterocycles. The summed E-state index contributed by atoms with van der Waals surface area (Å²) in [4.78, 5) is 10.6. The molecule has 3 N–H and O–H groups in total. The fourth-order valence-electron chi connectivity index (χ4n) is 2.45. The first-order valence-electron chi connectivity index (χ1n) is 7.96. The summed E-state index contributed by atoms with van der Waals surface area (Å²) in [5.41, 5.74) is 0.896.